The predicted molar refractivity (Wildman–Crippen MR) is 131 cm³/mol. The van der Waals surface area contributed by atoms with Crippen LogP contribution in [0, 0.1) is 36.4 Å². The fourth-order valence-corrected chi connectivity index (χ4v) is 5.80. The van der Waals surface area contributed by atoms with E-state index >= 15 is 0 Å². The first kappa shape index (κ1) is 22.8. The first-order valence-electron chi connectivity index (χ1n) is 12.2. The van der Waals surface area contributed by atoms with Crippen LogP contribution in [0.4, 0.5) is 21.8 Å². The summed E-state index contributed by atoms with van der Waals surface area (Å²) in [7, 11) is 2.19. The maximum Gasteiger partial charge on any atom is 0.229 e. The Kier molecular flexibility index (Phi) is 6.25. The first-order chi connectivity index (χ1) is 16.4. The van der Waals surface area contributed by atoms with Crippen molar-refractivity contribution in [1.82, 2.24) is 14.9 Å². The van der Waals surface area contributed by atoms with E-state index in [4.69, 9.17) is 5.73 Å². The number of aromatic nitrogens is 2. The highest BCUT2D eigenvalue weighted by atomic mass is 19.1. The second-order valence-electron chi connectivity index (χ2n) is 10.2. The molecule has 1 aromatic heterocycles. The Labute approximate surface area is 200 Å². The number of hydrogen-bond donors (Lipinski definition) is 3. The molecule has 1 saturated carbocycles. The molecule has 2 fully saturated rings. The Morgan fingerprint density at radius 3 is 2.74 bits per heavy atom. The van der Waals surface area contributed by atoms with Gasteiger partial charge in [0.05, 0.1) is 12.1 Å². The van der Waals surface area contributed by atoms with Crippen molar-refractivity contribution in [2.24, 2.45) is 29.4 Å². The molecule has 4 N–H and O–H groups in total. The highest BCUT2D eigenvalue weighted by Gasteiger charge is 2.47. The van der Waals surface area contributed by atoms with Crippen molar-refractivity contribution < 1.29 is 9.18 Å². The third-order valence-electron chi connectivity index (χ3n) is 7.78. The number of nitrogens with two attached hydrogens (primary N) is 1. The van der Waals surface area contributed by atoms with E-state index in [0.29, 0.717) is 5.95 Å². The summed E-state index contributed by atoms with van der Waals surface area (Å²) in [5, 5.41) is 6.35. The molecule has 2 bridgehead atoms. The van der Waals surface area contributed by atoms with Crippen LogP contribution < -0.4 is 16.4 Å². The number of carbonyl (C=O) groups excluding carboxylic acids is 1. The number of rotatable bonds is 7. The van der Waals surface area contributed by atoms with Gasteiger partial charge in [0.2, 0.25) is 11.9 Å². The number of hydrogen-bond acceptors (Lipinski definition) is 6. The van der Waals surface area contributed by atoms with Crippen LogP contribution in [0.15, 0.2) is 36.5 Å². The van der Waals surface area contributed by atoms with Gasteiger partial charge in [0, 0.05) is 11.7 Å². The molecule has 180 valence electrons. The van der Waals surface area contributed by atoms with Crippen LogP contribution in [0.5, 0.6) is 0 Å². The molecule has 4 unspecified atom stereocenters. The molecule has 5 rings (SSSR count). The average Bonchev–Trinajstić information content (AvgIpc) is 3.41. The van der Waals surface area contributed by atoms with E-state index in [9.17, 15) is 9.18 Å². The minimum Gasteiger partial charge on any atom is -0.369 e. The van der Waals surface area contributed by atoms with Gasteiger partial charge < -0.3 is 21.3 Å². The zero-order chi connectivity index (χ0) is 23.8. The molecular weight excluding hydrogens is 431 g/mol. The van der Waals surface area contributed by atoms with Gasteiger partial charge >= 0.3 is 0 Å². The van der Waals surface area contributed by atoms with Crippen molar-refractivity contribution in [1.29, 1.82) is 0 Å². The number of nitrogens with one attached hydrogen (secondary N) is 2. The lowest BCUT2D eigenvalue weighted by molar-refractivity contribution is -0.122. The van der Waals surface area contributed by atoms with Crippen molar-refractivity contribution in [3.05, 3.63) is 53.5 Å². The molecule has 2 aromatic rings. The van der Waals surface area contributed by atoms with E-state index in [0.717, 1.165) is 30.6 Å². The van der Waals surface area contributed by atoms with Crippen molar-refractivity contribution in [3.63, 3.8) is 0 Å². The van der Waals surface area contributed by atoms with Crippen molar-refractivity contribution >= 4 is 23.4 Å². The number of nitrogens with zero attached hydrogens (tertiary/aromatic N) is 3. The smallest absolute Gasteiger partial charge is 0.229 e. The largest absolute Gasteiger partial charge is 0.369 e. The van der Waals surface area contributed by atoms with Gasteiger partial charge in [-0.2, -0.15) is 4.98 Å². The molecule has 4 atom stereocenters. The van der Waals surface area contributed by atoms with E-state index in [-0.39, 0.29) is 35.5 Å². The van der Waals surface area contributed by atoms with Gasteiger partial charge in [0.25, 0.3) is 0 Å². The molecule has 1 saturated heterocycles. The van der Waals surface area contributed by atoms with Gasteiger partial charge in [-0.05, 0) is 93.8 Å². The maximum atomic E-state index is 14.5. The summed E-state index contributed by atoms with van der Waals surface area (Å²) in [4.78, 5) is 22.9. The molecule has 8 heteroatoms. The number of allylic oxidation sites excluding steroid dienone is 1. The Morgan fingerprint density at radius 1 is 1.24 bits per heavy atom. The van der Waals surface area contributed by atoms with Crippen LogP contribution in [0.1, 0.15) is 30.4 Å². The zero-order valence-corrected chi connectivity index (χ0v) is 19.8. The molecule has 0 radical (unpaired) electrons. The van der Waals surface area contributed by atoms with E-state index < -0.39 is 5.82 Å². The molecule has 2 heterocycles. The Morgan fingerprint density at radius 2 is 2.00 bits per heavy atom. The number of halogens is 1. The van der Waals surface area contributed by atoms with Crippen LogP contribution in [-0.2, 0) is 11.2 Å². The molecule has 1 aromatic carbocycles. The Balaban J connectivity index is 1.27. The number of piperidine rings is 1. The molecule has 34 heavy (non-hydrogen) atoms. The van der Waals surface area contributed by atoms with E-state index in [1.807, 2.05) is 12.1 Å². The lowest BCUT2D eigenvalue weighted by Gasteiger charge is -2.29. The molecule has 7 nitrogen and oxygen atoms in total. The predicted octanol–water partition coefficient (Wildman–Crippen LogP) is 3.64. The fraction of sp³-hybridized carbons (Fsp3) is 0.500. The van der Waals surface area contributed by atoms with Crippen molar-refractivity contribution in [2.75, 3.05) is 30.8 Å². The summed E-state index contributed by atoms with van der Waals surface area (Å²) in [5.74, 6) is 0.105. The standard InChI is InChI=1S/C26H33FN6O/c1-15-11-20(6-5-17(15)12-16-7-9-33(2)10-8-16)30-26-29-14-21(27)25(32-26)31-23-19-4-3-18(13-19)22(23)24(28)34/h3-6,11,14,16,18-19,22-23H,7-10,12-13H2,1-2H3,(H2,28,34)(H2,29,30,31,32). The lowest BCUT2D eigenvalue weighted by Crippen LogP contribution is -2.41. The van der Waals surface area contributed by atoms with Gasteiger partial charge in [-0.3, -0.25) is 4.79 Å². The van der Waals surface area contributed by atoms with Crippen LogP contribution in [-0.4, -0.2) is 47.0 Å². The number of anilines is 3. The first-order valence-corrected chi connectivity index (χ1v) is 12.2. The number of fused-ring (bicyclic) bond motifs is 2. The summed E-state index contributed by atoms with van der Waals surface area (Å²) < 4.78 is 14.5. The van der Waals surface area contributed by atoms with Crippen LogP contribution in [0.25, 0.3) is 0 Å². The fourth-order valence-electron chi connectivity index (χ4n) is 5.80. The topological polar surface area (TPSA) is 96.2 Å². The third kappa shape index (κ3) is 4.64. The summed E-state index contributed by atoms with van der Waals surface area (Å²) in [6.45, 7) is 4.46. The molecule has 1 aliphatic heterocycles. The molecular formula is C26H33FN6O. The van der Waals surface area contributed by atoms with E-state index in [1.54, 1.807) is 0 Å². The summed E-state index contributed by atoms with van der Waals surface area (Å²) in [6.07, 6.45) is 9.71. The van der Waals surface area contributed by atoms with Crippen LogP contribution >= 0.6 is 0 Å². The normalized spacial score (nSPS) is 26.7. The molecule has 0 spiro atoms. The lowest BCUT2D eigenvalue weighted by atomic mass is 9.88. The highest BCUT2D eigenvalue weighted by molar-refractivity contribution is 5.79. The molecule has 1 amide bonds. The van der Waals surface area contributed by atoms with E-state index in [1.165, 1.54) is 37.1 Å². The van der Waals surface area contributed by atoms with Gasteiger partial charge in [0.1, 0.15) is 0 Å². The van der Waals surface area contributed by atoms with Crippen LogP contribution in [0.3, 0.4) is 0 Å². The van der Waals surface area contributed by atoms with Crippen molar-refractivity contribution in [3.8, 4) is 0 Å². The summed E-state index contributed by atoms with van der Waals surface area (Å²) in [5.41, 5.74) is 9.09. The average molecular weight is 465 g/mol. The number of amides is 1. The minimum absolute atomic E-state index is 0.0882. The second-order valence-corrected chi connectivity index (χ2v) is 10.2. The molecule has 3 aliphatic rings. The quantitative estimate of drug-likeness (QED) is 0.542. The third-order valence-corrected chi connectivity index (χ3v) is 7.78. The Bertz CT molecular complexity index is 1100. The monoisotopic (exact) mass is 464 g/mol. The van der Waals surface area contributed by atoms with Gasteiger partial charge in [0.15, 0.2) is 11.6 Å². The maximum absolute atomic E-state index is 14.5. The summed E-state index contributed by atoms with van der Waals surface area (Å²) >= 11 is 0. The van der Waals surface area contributed by atoms with Gasteiger partial charge in [-0.25, -0.2) is 9.37 Å². The number of benzene rings is 1. The highest BCUT2D eigenvalue weighted by Crippen LogP contribution is 2.45. The SMILES string of the molecule is Cc1cc(Nc2ncc(F)c(NC3C4C=CC(C4)C3C(N)=O)n2)ccc1CC1CCN(C)CC1. The van der Waals surface area contributed by atoms with Gasteiger partial charge in [-0.1, -0.05) is 18.2 Å². The number of likely N-dealkylation sites (tertiary alicyclic amines) is 1. The summed E-state index contributed by atoms with van der Waals surface area (Å²) in [6, 6.07) is 6.03. The van der Waals surface area contributed by atoms with Gasteiger partial charge in [-0.15, -0.1) is 0 Å². The van der Waals surface area contributed by atoms with Crippen LogP contribution in [0.2, 0.25) is 0 Å². The number of primary amides is 1. The van der Waals surface area contributed by atoms with E-state index in [2.05, 4.69) is 57.7 Å². The zero-order valence-electron chi connectivity index (χ0n) is 19.8. The Hall–Kier alpha value is -3.00. The van der Waals surface area contributed by atoms with Crippen molar-refractivity contribution in [2.45, 2.75) is 38.6 Å². The second kappa shape index (κ2) is 9.33. The number of aryl methyl sites for hydroxylation is 1. The molecule has 2 aliphatic carbocycles. The number of carbonyl (C=O) groups is 1. The minimum atomic E-state index is -0.551.